The van der Waals surface area contributed by atoms with E-state index >= 15 is 0 Å². The van der Waals surface area contributed by atoms with Gasteiger partial charge in [-0.3, -0.25) is 0 Å². The summed E-state index contributed by atoms with van der Waals surface area (Å²) in [5.41, 5.74) is 5.41. The molecule has 0 aromatic carbocycles. The summed E-state index contributed by atoms with van der Waals surface area (Å²) >= 11 is 0. The van der Waals surface area contributed by atoms with E-state index in [2.05, 4.69) is 0 Å². The molecule has 1 amide bonds. The topological polar surface area (TPSA) is 55.6 Å². The molecule has 2 aliphatic rings. The van der Waals surface area contributed by atoms with Gasteiger partial charge in [-0.1, -0.05) is 0 Å². The molecular formula is C8H14N2O2. The maximum absolute atomic E-state index is 11.3. The van der Waals surface area contributed by atoms with Gasteiger partial charge < -0.3 is 15.4 Å². The molecule has 1 heterocycles. The van der Waals surface area contributed by atoms with Crippen LogP contribution in [0.3, 0.4) is 0 Å². The molecule has 12 heavy (non-hydrogen) atoms. The molecule has 0 aromatic heterocycles. The zero-order chi connectivity index (χ0) is 8.55. The third kappa shape index (κ3) is 1.39. The molecule has 0 radical (unpaired) electrons. The van der Waals surface area contributed by atoms with E-state index in [4.69, 9.17) is 10.5 Å². The van der Waals surface area contributed by atoms with Gasteiger partial charge in [0.25, 0.3) is 0 Å². The van der Waals surface area contributed by atoms with E-state index in [0.29, 0.717) is 12.6 Å². The molecule has 1 aliphatic carbocycles. The van der Waals surface area contributed by atoms with Crippen molar-refractivity contribution in [1.29, 1.82) is 0 Å². The van der Waals surface area contributed by atoms with Crippen molar-refractivity contribution < 1.29 is 9.53 Å². The van der Waals surface area contributed by atoms with E-state index in [1.807, 2.05) is 4.90 Å². The predicted molar refractivity (Wildman–Crippen MR) is 43.7 cm³/mol. The van der Waals surface area contributed by atoms with Gasteiger partial charge in [0.1, 0.15) is 6.10 Å². The number of nitrogens with zero attached hydrogens (tertiary/aromatic N) is 1. The highest BCUT2D eigenvalue weighted by Gasteiger charge is 2.37. The Bertz CT molecular complexity index is 191. The van der Waals surface area contributed by atoms with Crippen LogP contribution in [0.25, 0.3) is 0 Å². The van der Waals surface area contributed by atoms with Crippen molar-refractivity contribution in [2.24, 2.45) is 5.73 Å². The Labute approximate surface area is 71.7 Å². The molecule has 2 N–H and O–H groups in total. The van der Waals surface area contributed by atoms with Crippen LogP contribution in [0.1, 0.15) is 19.3 Å². The number of carbonyl (C=O) groups is 1. The Kier molecular flexibility index (Phi) is 1.92. The summed E-state index contributed by atoms with van der Waals surface area (Å²) in [6, 6.07) is 0.469. The fourth-order valence-electron chi connectivity index (χ4n) is 1.53. The molecule has 1 saturated carbocycles. The number of ether oxygens (including phenoxy) is 1. The quantitative estimate of drug-likeness (QED) is 0.649. The van der Waals surface area contributed by atoms with Gasteiger partial charge in [0.05, 0.1) is 0 Å². The Morgan fingerprint density at radius 1 is 1.50 bits per heavy atom. The predicted octanol–water partition coefficient (Wildman–Crippen LogP) is 0.318. The number of amides is 1. The third-order valence-corrected chi connectivity index (χ3v) is 2.44. The van der Waals surface area contributed by atoms with Crippen LogP contribution in [0.2, 0.25) is 0 Å². The first-order valence-corrected chi connectivity index (χ1v) is 4.48. The van der Waals surface area contributed by atoms with Crippen molar-refractivity contribution in [2.45, 2.75) is 31.4 Å². The van der Waals surface area contributed by atoms with Gasteiger partial charge in [-0.2, -0.15) is 0 Å². The Hall–Kier alpha value is -0.770. The molecule has 2 rings (SSSR count). The number of carbonyl (C=O) groups excluding carboxylic acids is 1. The highest BCUT2D eigenvalue weighted by atomic mass is 16.6. The van der Waals surface area contributed by atoms with Crippen LogP contribution in [-0.2, 0) is 4.74 Å². The minimum absolute atomic E-state index is 0.0486. The summed E-state index contributed by atoms with van der Waals surface area (Å²) in [7, 11) is 0. The van der Waals surface area contributed by atoms with Crippen LogP contribution < -0.4 is 5.73 Å². The number of hydrogen-bond acceptors (Lipinski definition) is 3. The Morgan fingerprint density at radius 3 is 2.75 bits per heavy atom. The summed E-state index contributed by atoms with van der Waals surface area (Å²) in [4.78, 5) is 13.1. The SMILES string of the molecule is NCC1CCN(C2CC2)C(=O)O1. The molecule has 0 aromatic rings. The second kappa shape index (κ2) is 2.94. The highest BCUT2D eigenvalue weighted by Crippen LogP contribution is 2.29. The van der Waals surface area contributed by atoms with Crippen LogP contribution in [0.5, 0.6) is 0 Å². The number of cyclic esters (lactones) is 1. The van der Waals surface area contributed by atoms with E-state index < -0.39 is 0 Å². The largest absolute Gasteiger partial charge is 0.445 e. The van der Waals surface area contributed by atoms with Crippen molar-refractivity contribution in [3.8, 4) is 0 Å². The zero-order valence-corrected chi connectivity index (χ0v) is 7.03. The first-order valence-electron chi connectivity index (χ1n) is 4.48. The van der Waals surface area contributed by atoms with Crippen molar-refractivity contribution in [1.82, 2.24) is 4.90 Å². The van der Waals surface area contributed by atoms with Crippen molar-refractivity contribution >= 4 is 6.09 Å². The maximum Gasteiger partial charge on any atom is 0.410 e. The molecular weight excluding hydrogens is 156 g/mol. The molecule has 2 fully saturated rings. The lowest BCUT2D eigenvalue weighted by Gasteiger charge is -2.31. The number of hydrogen-bond donors (Lipinski definition) is 1. The minimum atomic E-state index is -0.167. The summed E-state index contributed by atoms with van der Waals surface area (Å²) in [6.45, 7) is 1.27. The van der Waals surface area contributed by atoms with Crippen molar-refractivity contribution in [3.05, 3.63) is 0 Å². The Morgan fingerprint density at radius 2 is 2.25 bits per heavy atom. The molecule has 0 bridgehead atoms. The van der Waals surface area contributed by atoms with E-state index in [9.17, 15) is 4.79 Å². The van der Waals surface area contributed by atoms with Gasteiger partial charge in [0, 0.05) is 25.6 Å². The second-order valence-electron chi connectivity index (χ2n) is 3.45. The molecule has 68 valence electrons. The third-order valence-electron chi connectivity index (χ3n) is 2.44. The molecule has 4 nitrogen and oxygen atoms in total. The van der Waals surface area contributed by atoms with Gasteiger partial charge in [0.2, 0.25) is 0 Å². The smallest absolute Gasteiger partial charge is 0.410 e. The van der Waals surface area contributed by atoms with E-state index in [0.717, 1.165) is 25.8 Å². The molecule has 4 heteroatoms. The van der Waals surface area contributed by atoms with Crippen LogP contribution in [-0.4, -0.2) is 36.2 Å². The summed E-state index contributed by atoms with van der Waals surface area (Å²) in [6.07, 6.45) is 2.95. The zero-order valence-electron chi connectivity index (χ0n) is 7.03. The average Bonchev–Trinajstić information content (AvgIpc) is 2.87. The van der Waals surface area contributed by atoms with Crippen LogP contribution in [0.15, 0.2) is 0 Å². The van der Waals surface area contributed by atoms with Gasteiger partial charge in [-0.25, -0.2) is 4.79 Å². The fourth-order valence-corrected chi connectivity index (χ4v) is 1.53. The molecule has 1 aliphatic heterocycles. The van der Waals surface area contributed by atoms with Crippen LogP contribution in [0, 0.1) is 0 Å². The van der Waals surface area contributed by atoms with Gasteiger partial charge in [-0.05, 0) is 12.8 Å². The monoisotopic (exact) mass is 170 g/mol. The standard InChI is InChI=1S/C8H14N2O2/c9-5-7-3-4-10(6-1-2-6)8(11)12-7/h6-7H,1-5,9H2. The maximum atomic E-state index is 11.3. The van der Waals surface area contributed by atoms with E-state index in [1.165, 1.54) is 0 Å². The summed E-state index contributed by atoms with van der Waals surface area (Å²) in [5, 5.41) is 0. The van der Waals surface area contributed by atoms with Gasteiger partial charge in [0.15, 0.2) is 0 Å². The van der Waals surface area contributed by atoms with Crippen molar-refractivity contribution in [3.63, 3.8) is 0 Å². The highest BCUT2D eigenvalue weighted by molar-refractivity contribution is 5.69. The lowest BCUT2D eigenvalue weighted by Crippen LogP contribution is -2.45. The first-order chi connectivity index (χ1) is 5.81. The van der Waals surface area contributed by atoms with Crippen molar-refractivity contribution in [2.75, 3.05) is 13.1 Å². The number of rotatable bonds is 2. The van der Waals surface area contributed by atoms with E-state index in [-0.39, 0.29) is 12.2 Å². The Balaban J connectivity index is 1.90. The molecule has 0 spiro atoms. The fraction of sp³-hybridized carbons (Fsp3) is 0.875. The van der Waals surface area contributed by atoms with Gasteiger partial charge >= 0.3 is 6.09 Å². The lowest BCUT2D eigenvalue weighted by atomic mass is 10.2. The van der Waals surface area contributed by atoms with E-state index in [1.54, 1.807) is 0 Å². The van der Waals surface area contributed by atoms with Crippen LogP contribution in [0.4, 0.5) is 4.79 Å². The van der Waals surface area contributed by atoms with Crippen LogP contribution >= 0.6 is 0 Å². The second-order valence-corrected chi connectivity index (χ2v) is 3.45. The normalized spacial score (nSPS) is 30.2. The average molecular weight is 170 g/mol. The molecule has 1 unspecified atom stereocenters. The van der Waals surface area contributed by atoms with Gasteiger partial charge in [-0.15, -0.1) is 0 Å². The first kappa shape index (κ1) is 7.86. The summed E-state index contributed by atoms with van der Waals surface area (Å²) < 4.78 is 5.11. The summed E-state index contributed by atoms with van der Waals surface area (Å²) in [5.74, 6) is 0. The molecule has 1 atom stereocenters. The molecule has 1 saturated heterocycles. The lowest BCUT2D eigenvalue weighted by molar-refractivity contribution is 0.0265. The minimum Gasteiger partial charge on any atom is -0.445 e. The number of nitrogens with two attached hydrogens (primary N) is 1.